The van der Waals surface area contributed by atoms with E-state index in [2.05, 4.69) is 109 Å². The van der Waals surface area contributed by atoms with Crippen LogP contribution in [0.1, 0.15) is 193 Å². The van der Waals surface area contributed by atoms with E-state index in [0.717, 1.165) is 73.9 Å². The Balaban J connectivity index is 1.32. The maximum absolute atomic E-state index is 15.2. The summed E-state index contributed by atoms with van der Waals surface area (Å²) in [6, 6.07) is 24.3. The molecule has 2 aliphatic heterocycles. The fraction of sp³-hybridized carbons (Fsp3) is 0.559. The lowest BCUT2D eigenvalue weighted by Crippen LogP contribution is -2.34. The first-order valence-corrected chi connectivity index (χ1v) is 27.9. The number of unbranched alkanes of at least 4 members (excludes halogenated alkanes) is 4. The van der Waals surface area contributed by atoms with Crippen LogP contribution in [0.15, 0.2) is 83.3 Å². The monoisotopic (exact) mass is 913 g/mol. The molecule has 4 aromatic rings. The van der Waals surface area contributed by atoms with Crippen LogP contribution in [0.25, 0.3) is 31.6 Å². The number of carbonyl (C=O) groups excluding carboxylic acids is 2. The van der Waals surface area contributed by atoms with Gasteiger partial charge in [-0.1, -0.05) is 200 Å². The average molecular weight is 913 g/mol. The van der Waals surface area contributed by atoms with Gasteiger partial charge in [-0.2, -0.15) is 0 Å². The highest BCUT2D eigenvalue weighted by Gasteiger charge is 2.50. The molecular formula is C59H80N2O2S2. The predicted octanol–water partition coefficient (Wildman–Crippen LogP) is 17.2. The van der Waals surface area contributed by atoms with Crippen molar-refractivity contribution in [1.82, 2.24) is 9.80 Å². The number of thiophene rings is 2. The van der Waals surface area contributed by atoms with E-state index in [1.54, 1.807) is 11.1 Å². The SMILES string of the molecule is CCCCC(CC)CN1C(=O)C2=C(c3ccc(-c4cc5c(s4)-c4sccc4C5(CC(CC)CCCC)CC(CC)CCCC)cc3)N(CC(CC)CCCC)C(=O)C2=C1c1ccccc1. The molecule has 0 bridgehead atoms. The van der Waals surface area contributed by atoms with Crippen LogP contribution in [0.2, 0.25) is 0 Å². The number of hydrogen-bond donors (Lipinski definition) is 0. The second-order valence-electron chi connectivity index (χ2n) is 19.9. The van der Waals surface area contributed by atoms with Gasteiger partial charge in [0.15, 0.2) is 0 Å². The Labute approximate surface area is 402 Å². The number of amides is 2. The first kappa shape index (κ1) is 49.2. The fourth-order valence-corrected chi connectivity index (χ4v) is 14.0. The summed E-state index contributed by atoms with van der Waals surface area (Å²) in [6.45, 7) is 19.7. The van der Waals surface area contributed by atoms with Crippen molar-refractivity contribution < 1.29 is 9.59 Å². The summed E-state index contributed by atoms with van der Waals surface area (Å²) in [4.78, 5) is 38.6. The number of fused-ring (bicyclic) bond motifs is 4. The van der Waals surface area contributed by atoms with Gasteiger partial charge in [0, 0.05) is 33.1 Å². The van der Waals surface area contributed by atoms with Gasteiger partial charge < -0.3 is 9.80 Å². The van der Waals surface area contributed by atoms with Crippen molar-refractivity contribution in [3.63, 3.8) is 0 Å². The van der Waals surface area contributed by atoms with Gasteiger partial charge in [0.25, 0.3) is 11.8 Å². The molecule has 1 aliphatic carbocycles. The molecule has 0 spiro atoms. The maximum Gasteiger partial charge on any atom is 0.261 e. The Kier molecular flexibility index (Phi) is 17.3. The van der Waals surface area contributed by atoms with Crippen molar-refractivity contribution in [2.75, 3.05) is 13.1 Å². The minimum Gasteiger partial charge on any atom is -0.307 e. The van der Waals surface area contributed by atoms with E-state index in [4.69, 9.17) is 0 Å². The molecule has 0 N–H and O–H groups in total. The van der Waals surface area contributed by atoms with Crippen LogP contribution in [0, 0.1) is 23.7 Å². The van der Waals surface area contributed by atoms with Gasteiger partial charge in [-0.3, -0.25) is 9.59 Å². The zero-order chi connectivity index (χ0) is 46.1. The fourth-order valence-electron chi connectivity index (χ4n) is 11.5. The molecule has 65 heavy (non-hydrogen) atoms. The van der Waals surface area contributed by atoms with Crippen molar-refractivity contribution in [3.8, 4) is 20.2 Å². The molecular weight excluding hydrogens is 833 g/mol. The standard InChI is InChI=1S/C59H80N2O2S2/c1-9-17-24-41(13-5)37-59(38-42(14-6)25-18-10-2)48-34-35-64-55(48)56-49(59)36-50(65-56)45-30-32-47(33-31-45)54-52-51(57(62)61(54)40-44(16-8)27-20-12-4)53(46-28-22-21-23-29-46)60(58(52)63)39-43(15-7)26-19-11-3/h21-23,28-36,41-44H,9-20,24-27,37-40H2,1-8H3. The highest BCUT2D eigenvalue weighted by Crippen LogP contribution is 2.61. The van der Waals surface area contributed by atoms with E-state index in [1.165, 1.54) is 84.4 Å². The predicted molar refractivity (Wildman–Crippen MR) is 280 cm³/mol. The number of benzene rings is 2. The van der Waals surface area contributed by atoms with Crippen LogP contribution in [0.3, 0.4) is 0 Å². The highest BCUT2D eigenvalue weighted by molar-refractivity contribution is 7.23. The molecule has 4 nitrogen and oxygen atoms in total. The van der Waals surface area contributed by atoms with Crippen LogP contribution in [0.5, 0.6) is 0 Å². The summed E-state index contributed by atoms with van der Waals surface area (Å²) in [5.74, 6) is 2.11. The topological polar surface area (TPSA) is 40.6 Å². The summed E-state index contributed by atoms with van der Waals surface area (Å²) >= 11 is 3.93. The van der Waals surface area contributed by atoms with Crippen LogP contribution in [-0.2, 0) is 15.0 Å². The van der Waals surface area contributed by atoms with E-state index in [-0.39, 0.29) is 17.2 Å². The molecule has 2 aromatic carbocycles. The molecule has 4 atom stereocenters. The lowest BCUT2D eigenvalue weighted by molar-refractivity contribution is -0.124. The summed E-state index contributed by atoms with van der Waals surface area (Å²) in [7, 11) is 0. The van der Waals surface area contributed by atoms with E-state index in [0.29, 0.717) is 47.9 Å². The van der Waals surface area contributed by atoms with Crippen molar-refractivity contribution in [3.05, 3.63) is 106 Å². The Morgan fingerprint density at radius 2 is 0.954 bits per heavy atom. The lowest BCUT2D eigenvalue weighted by atomic mass is 9.65. The average Bonchev–Trinajstić information content (AvgIpc) is 4.15. The summed E-state index contributed by atoms with van der Waals surface area (Å²) in [5.41, 5.74) is 9.15. The first-order chi connectivity index (χ1) is 31.7. The van der Waals surface area contributed by atoms with E-state index < -0.39 is 0 Å². The second kappa shape index (κ2) is 22.8. The molecule has 0 radical (unpaired) electrons. The van der Waals surface area contributed by atoms with E-state index in [1.807, 2.05) is 50.7 Å². The normalized spacial score (nSPS) is 18.8. The Morgan fingerprint density at radius 3 is 1.42 bits per heavy atom. The third-order valence-electron chi connectivity index (χ3n) is 15.6. The summed E-state index contributed by atoms with van der Waals surface area (Å²) in [5, 5.41) is 2.36. The Bertz CT molecular complexity index is 2240. The smallest absolute Gasteiger partial charge is 0.261 e. The molecule has 4 unspecified atom stereocenters. The zero-order valence-electron chi connectivity index (χ0n) is 41.4. The quantitative estimate of drug-likeness (QED) is 0.0598. The Morgan fingerprint density at radius 1 is 0.508 bits per heavy atom. The van der Waals surface area contributed by atoms with Gasteiger partial charge in [-0.25, -0.2) is 0 Å². The number of hydrogen-bond acceptors (Lipinski definition) is 4. The van der Waals surface area contributed by atoms with Gasteiger partial charge >= 0.3 is 0 Å². The van der Waals surface area contributed by atoms with Crippen molar-refractivity contribution in [1.29, 1.82) is 0 Å². The second-order valence-corrected chi connectivity index (χ2v) is 21.9. The molecule has 7 rings (SSSR count). The van der Waals surface area contributed by atoms with Crippen LogP contribution >= 0.6 is 22.7 Å². The van der Waals surface area contributed by atoms with Crippen LogP contribution < -0.4 is 0 Å². The van der Waals surface area contributed by atoms with Gasteiger partial charge in [0.05, 0.1) is 22.5 Å². The minimum absolute atomic E-state index is 0.0169. The first-order valence-electron chi connectivity index (χ1n) is 26.2. The number of carbonyl (C=O) groups is 2. The largest absolute Gasteiger partial charge is 0.307 e. The summed E-state index contributed by atoms with van der Waals surface area (Å²) < 4.78 is 0. The van der Waals surface area contributed by atoms with Gasteiger partial charge in [-0.05, 0) is 94.7 Å². The molecule has 0 saturated carbocycles. The van der Waals surface area contributed by atoms with Crippen LogP contribution in [-0.4, -0.2) is 34.7 Å². The molecule has 3 aliphatic rings. The van der Waals surface area contributed by atoms with Crippen molar-refractivity contribution >= 4 is 45.9 Å². The van der Waals surface area contributed by atoms with Crippen molar-refractivity contribution in [2.24, 2.45) is 23.7 Å². The van der Waals surface area contributed by atoms with E-state index in [9.17, 15) is 0 Å². The third-order valence-corrected chi connectivity index (χ3v) is 17.9. The summed E-state index contributed by atoms with van der Waals surface area (Å²) in [6.07, 6.45) is 21.4. The zero-order valence-corrected chi connectivity index (χ0v) is 43.0. The molecule has 350 valence electrons. The highest BCUT2D eigenvalue weighted by atomic mass is 32.1. The van der Waals surface area contributed by atoms with Gasteiger partial charge in [-0.15, -0.1) is 22.7 Å². The van der Waals surface area contributed by atoms with Gasteiger partial charge in [0.1, 0.15) is 0 Å². The molecule has 2 aromatic heterocycles. The van der Waals surface area contributed by atoms with Crippen LogP contribution in [0.4, 0.5) is 0 Å². The van der Waals surface area contributed by atoms with E-state index >= 15 is 9.59 Å². The van der Waals surface area contributed by atoms with Gasteiger partial charge in [0.2, 0.25) is 0 Å². The Hall–Kier alpha value is -3.74. The molecule has 0 fully saturated rings. The number of nitrogens with zero attached hydrogens (tertiary/aromatic N) is 2. The maximum atomic E-state index is 15.2. The minimum atomic E-state index is -0.0169. The number of rotatable bonds is 27. The third kappa shape index (κ3) is 10.1. The molecule has 2 amide bonds. The van der Waals surface area contributed by atoms with Crippen molar-refractivity contribution in [2.45, 2.75) is 176 Å². The molecule has 4 heterocycles. The lowest BCUT2D eigenvalue weighted by Gasteiger charge is -2.37. The molecule has 0 saturated heterocycles. The molecule has 6 heteroatoms.